The van der Waals surface area contributed by atoms with E-state index in [-0.39, 0.29) is 23.0 Å². The van der Waals surface area contributed by atoms with Crippen LogP contribution in [0.5, 0.6) is 23.0 Å². The zero-order chi connectivity index (χ0) is 22.2. The summed E-state index contributed by atoms with van der Waals surface area (Å²) >= 11 is 0. The molecule has 3 aromatic carbocycles. The maximum absolute atomic E-state index is 10.5. The lowest BCUT2D eigenvalue weighted by atomic mass is 9.96. The molecule has 0 atom stereocenters. The van der Waals surface area contributed by atoms with Gasteiger partial charge in [0.1, 0.15) is 0 Å². The Morgan fingerprint density at radius 3 is 2.16 bits per heavy atom. The second-order valence-corrected chi connectivity index (χ2v) is 7.86. The molecule has 0 amide bonds. The Labute approximate surface area is 183 Å². The molecule has 0 spiro atoms. The first-order chi connectivity index (χ1) is 15.0. The first-order valence-electron chi connectivity index (χ1n) is 10.8. The van der Waals surface area contributed by atoms with E-state index >= 15 is 0 Å². The summed E-state index contributed by atoms with van der Waals surface area (Å²) in [5, 5.41) is 39.6. The summed E-state index contributed by atoms with van der Waals surface area (Å²) in [4.78, 5) is 0. The molecule has 0 unspecified atom stereocenters. The van der Waals surface area contributed by atoms with Crippen molar-refractivity contribution in [3.8, 4) is 23.0 Å². The van der Waals surface area contributed by atoms with E-state index in [1.54, 1.807) is 18.2 Å². The highest BCUT2D eigenvalue weighted by molar-refractivity contribution is 5.74. The van der Waals surface area contributed by atoms with Crippen molar-refractivity contribution in [1.29, 1.82) is 0 Å². The molecule has 0 aliphatic rings. The van der Waals surface area contributed by atoms with Gasteiger partial charge in [0.05, 0.1) is 0 Å². The minimum atomic E-state index is -0.185. The van der Waals surface area contributed by atoms with E-state index in [1.807, 2.05) is 6.08 Å². The van der Waals surface area contributed by atoms with Gasteiger partial charge in [-0.15, -0.1) is 0 Å². The first-order valence-corrected chi connectivity index (χ1v) is 10.8. The van der Waals surface area contributed by atoms with Crippen LogP contribution >= 0.6 is 0 Å². The zero-order valence-electron chi connectivity index (χ0n) is 17.9. The number of hydrogen-bond donors (Lipinski definition) is 4. The van der Waals surface area contributed by atoms with E-state index in [4.69, 9.17) is 0 Å². The quantitative estimate of drug-likeness (QED) is 0.190. The van der Waals surface area contributed by atoms with Crippen molar-refractivity contribution in [2.45, 2.75) is 45.4 Å². The van der Waals surface area contributed by atoms with Crippen LogP contribution in [0.25, 0.3) is 12.2 Å². The summed E-state index contributed by atoms with van der Waals surface area (Å²) in [6.45, 7) is 2.20. The maximum atomic E-state index is 10.5. The summed E-state index contributed by atoms with van der Waals surface area (Å²) in [6.07, 6.45) is 9.66. The molecule has 0 aromatic heterocycles. The van der Waals surface area contributed by atoms with E-state index in [1.165, 1.54) is 48.6 Å². The topological polar surface area (TPSA) is 80.9 Å². The number of hydrogen-bond acceptors (Lipinski definition) is 4. The van der Waals surface area contributed by atoms with E-state index in [9.17, 15) is 20.4 Å². The van der Waals surface area contributed by atoms with Gasteiger partial charge >= 0.3 is 0 Å². The second-order valence-electron chi connectivity index (χ2n) is 7.86. The number of rotatable bonds is 9. The molecule has 0 saturated heterocycles. The van der Waals surface area contributed by atoms with Crippen LogP contribution in [0.3, 0.4) is 0 Å². The third-order valence-corrected chi connectivity index (χ3v) is 5.48. The molecule has 4 nitrogen and oxygen atoms in total. The minimum Gasteiger partial charge on any atom is -0.504 e. The standard InChI is InChI=1S/C27H30O4/c1-2-3-4-6-19-7-5-8-20(17-19)10-14-23-22(13-16-25(29)27(23)31)12-9-21-11-15-24(28)26(30)18-21/h5,7-9,11-13,15-18,28-31H,2-4,6,10,14H2,1H3. The van der Waals surface area contributed by atoms with Crippen LogP contribution in [-0.4, -0.2) is 20.4 Å². The molecule has 0 bridgehead atoms. The Kier molecular flexibility index (Phi) is 7.60. The van der Waals surface area contributed by atoms with E-state index in [2.05, 4.69) is 31.2 Å². The first kappa shape index (κ1) is 22.3. The monoisotopic (exact) mass is 418 g/mol. The number of phenolic OH excluding ortho intramolecular Hbond substituents is 4. The fourth-order valence-corrected chi connectivity index (χ4v) is 3.68. The summed E-state index contributed by atoms with van der Waals surface area (Å²) in [6, 6.07) is 16.4. The molecule has 0 aliphatic heterocycles. The maximum Gasteiger partial charge on any atom is 0.161 e. The molecule has 162 valence electrons. The second kappa shape index (κ2) is 10.6. The number of benzene rings is 3. The van der Waals surface area contributed by atoms with E-state index in [0.29, 0.717) is 17.5 Å². The fraction of sp³-hybridized carbons (Fsp3) is 0.259. The molecule has 4 N–H and O–H groups in total. The van der Waals surface area contributed by atoms with Gasteiger partial charge in [0.2, 0.25) is 0 Å². The predicted octanol–water partition coefficient (Wildman–Crippen LogP) is 6.20. The molecule has 3 aromatic rings. The Bertz CT molecular complexity index is 1050. The van der Waals surface area contributed by atoms with Crippen LogP contribution < -0.4 is 0 Å². The van der Waals surface area contributed by atoms with Gasteiger partial charge in [0.25, 0.3) is 0 Å². The molecular weight excluding hydrogens is 388 g/mol. The number of phenols is 4. The van der Waals surface area contributed by atoms with Crippen molar-refractivity contribution in [3.05, 3.63) is 82.4 Å². The van der Waals surface area contributed by atoms with Crippen molar-refractivity contribution in [2.24, 2.45) is 0 Å². The number of aromatic hydroxyl groups is 4. The average molecular weight is 419 g/mol. The van der Waals surface area contributed by atoms with Crippen molar-refractivity contribution in [3.63, 3.8) is 0 Å². The summed E-state index contributed by atoms with van der Waals surface area (Å²) in [7, 11) is 0. The molecule has 0 saturated carbocycles. The van der Waals surface area contributed by atoms with Crippen LogP contribution in [0.4, 0.5) is 0 Å². The minimum absolute atomic E-state index is 0.102. The van der Waals surface area contributed by atoms with Gasteiger partial charge in [-0.2, -0.15) is 0 Å². The van der Waals surface area contributed by atoms with Gasteiger partial charge in [-0.05, 0) is 66.1 Å². The molecule has 3 rings (SSSR count). The molecule has 0 fully saturated rings. The third kappa shape index (κ3) is 6.05. The van der Waals surface area contributed by atoms with Crippen molar-refractivity contribution >= 4 is 12.2 Å². The Hall–Kier alpha value is -3.40. The van der Waals surface area contributed by atoms with Crippen molar-refractivity contribution in [2.75, 3.05) is 0 Å². The third-order valence-electron chi connectivity index (χ3n) is 5.48. The average Bonchev–Trinajstić information content (AvgIpc) is 2.76. The van der Waals surface area contributed by atoms with Crippen LogP contribution in [0.15, 0.2) is 54.6 Å². The summed E-state index contributed by atoms with van der Waals surface area (Å²) in [5.41, 5.74) is 4.72. The molecular formula is C27H30O4. The van der Waals surface area contributed by atoms with Crippen LogP contribution in [-0.2, 0) is 19.3 Å². The Morgan fingerprint density at radius 2 is 1.42 bits per heavy atom. The zero-order valence-corrected chi connectivity index (χ0v) is 17.9. The largest absolute Gasteiger partial charge is 0.504 e. The highest BCUT2D eigenvalue weighted by Gasteiger charge is 2.11. The van der Waals surface area contributed by atoms with Crippen molar-refractivity contribution in [1.82, 2.24) is 0 Å². The van der Waals surface area contributed by atoms with Gasteiger partial charge in [-0.3, -0.25) is 0 Å². The van der Waals surface area contributed by atoms with E-state index < -0.39 is 0 Å². The summed E-state index contributed by atoms with van der Waals surface area (Å²) < 4.78 is 0. The Morgan fingerprint density at radius 1 is 0.677 bits per heavy atom. The summed E-state index contributed by atoms with van der Waals surface area (Å²) in [5.74, 6) is -0.593. The molecule has 0 radical (unpaired) electrons. The highest BCUT2D eigenvalue weighted by atomic mass is 16.3. The smallest absolute Gasteiger partial charge is 0.161 e. The lowest BCUT2D eigenvalue weighted by Gasteiger charge is -2.11. The number of unbranched alkanes of at least 4 members (excludes halogenated alkanes) is 2. The lowest BCUT2D eigenvalue weighted by Crippen LogP contribution is -1.97. The van der Waals surface area contributed by atoms with Crippen LogP contribution in [0, 0.1) is 0 Å². The van der Waals surface area contributed by atoms with Gasteiger partial charge in [0, 0.05) is 5.56 Å². The highest BCUT2D eigenvalue weighted by Crippen LogP contribution is 2.34. The van der Waals surface area contributed by atoms with Gasteiger partial charge in [-0.1, -0.05) is 68.3 Å². The molecule has 0 aliphatic carbocycles. The predicted molar refractivity (Wildman–Crippen MR) is 126 cm³/mol. The van der Waals surface area contributed by atoms with E-state index in [0.717, 1.165) is 18.4 Å². The lowest BCUT2D eigenvalue weighted by molar-refractivity contribution is 0.399. The molecule has 0 heterocycles. The molecule has 4 heteroatoms. The Balaban J connectivity index is 1.78. The van der Waals surface area contributed by atoms with Crippen LogP contribution in [0.2, 0.25) is 0 Å². The van der Waals surface area contributed by atoms with Gasteiger partial charge in [0.15, 0.2) is 23.0 Å². The fourth-order valence-electron chi connectivity index (χ4n) is 3.68. The SMILES string of the molecule is CCCCCc1cccc(CCc2c(C=Cc3ccc(O)c(O)c3)ccc(O)c2O)c1. The number of aryl methyl sites for hydroxylation is 2. The van der Waals surface area contributed by atoms with Gasteiger partial charge < -0.3 is 20.4 Å². The van der Waals surface area contributed by atoms with Gasteiger partial charge in [-0.25, -0.2) is 0 Å². The normalized spacial score (nSPS) is 11.3. The van der Waals surface area contributed by atoms with Crippen molar-refractivity contribution < 1.29 is 20.4 Å². The van der Waals surface area contributed by atoms with Crippen LogP contribution in [0.1, 0.15) is 54.0 Å². The molecule has 31 heavy (non-hydrogen) atoms.